The molecule has 0 saturated heterocycles. The quantitative estimate of drug-likeness (QED) is 0.561. The van der Waals surface area contributed by atoms with Crippen LogP contribution in [0.4, 0.5) is 0 Å². The Morgan fingerprint density at radius 3 is 2.82 bits per heavy atom. The number of carboxylic acids is 1. The van der Waals surface area contributed by atoms with E-state index in [0.29, 0.717) is 24.9 Å². The maximum atomic E-state index is 10.5. The van der Waals surface area contributed by atoms with Crippen molar-refractivity contribution in [3.8, 4) is 0 Å². The van der Waals surface area contributed by atoms with Gasteiger partial charge in [-0.3, -0.25) is 4.79 Å². The Kier molecular flexibility index (Phi) is 5.99. The summed E-state index contributed by atoms with van der Waals surface area (Å²) in [4.78, 5) is 10.5. The van der Waals surface area contributed by atoms with Crippen molar-refractivity contribution in [3.05, 3.63) is 5.82 Å². The number of carboxylic acid groups (broad SMARTS) is 1. The van der Waals surface area contributed by atoms with Gasteiger partial charge >= 0.3 is 5.97 Å². The van der Waals surface area contributed by atoms with E-state index >= 15 is 0 Å². The summed E-state index contributed by atoms with van der Waals surface area (Å²) in [5.41, 5.74) is 0. The van der Waals surface area contributed by atoms with Crippen LogP contribution in [-0.2, 0) is 22.7 Å². The number of carbonyl (C=O) groups is 1. The number of aromatic nitrogens is 3. The third-order valence-electron chi connectivity index (χ3n) is 2.01. The lowest BCUT2D eigenvalue weighted by molar-refractivity contribution is -0.133. The summed E-state index contributed by atoms with van der Waals surface area (Å²) >= 11 is 1.17. The lowest BCUT2D eigenvalue weighted by Gasteiger charge is -2.06. The van der Waals surface area contributed by atoms with Gasteiger partial charge in [-0.1, -0.05) is 18.7 Å². The molecule has 96 valence electrons. The van der Waals surface area contributed by atoms with Crippen molar-refractivity contribution in [2.45, 2.75) is 38.6 Å². The second kappa shape index (κ2) is 7.29. The predicted octanol–water partition coefficient (Wildman–Crippen LogP) is 1.40. The van der Waals surface area contributed by atoms with Crippen molar-refractivity contribution in [2.75, 3.05) is 12.4 Å². The molecule has 0 aromatic carbocycles. The Morgan fingerprint density at radius 1 is 1.47 bits per heavy atom. The van der Waals surface area contributed by atoms with E-state index in [9.17, 15) is 4.79 Å². The van der Waals surface area contributed by atoms with Crippen LogP contribution >= 0.6 is 11.8 Å². The van der Waals surface area contributed by atoms with Crippen molar-refractivity contribution >= 4 is 17.7 Å². The Labute approximate surface area is 104 Å². The Bertz CT molecular complexity index is 368. The molecule has 0 aliphatic rings. The highest BCUT2D eigenvalue weighted by molar-refractivity contribution is 7.99. The van der Waals surface area contributed by atoms with Crippen molar-refractivity contribution in [1.29, 1.82) is 0 Å². The maximum Gasteiger partial charge on any atom is 0.313 e. The predicted molar refractivity (Wildman–Crippen MR) is 64.0 cm³/mol. The second-order valence-corrected chi connectivity index (χ2v) is 4.32. The van der Waals surface area contributed by atoms with Crippen LogP contribution in [0.15, 0.2) is 5.16 Å². The van der Waals surface area contributed by atoms with Crippen LogP contribution in [0.1, 0.15) is 26.1 Å². The maximum absolute atomic E-state index is 10.5. The Morgan fingerprint density at radius 2 is 2.24 bits per heavy atom. The minimum absolute atomic E-state index is 0.00600. The van der Waals surface area contributed by atoms with Gasteiger partial charge in [0.1, 0.15) is 6.61 Å². The molecule has 0 amide bonds. The van der Waals surface area contributed by atoms with Crippen LogP contribution < -0.4 is 0 Å². The zero-order valence-electron chi connectivity index (χ0n) is 10.0. The summed E-state index contributed by atoms with van der Waals surface area (Å²) in [6.45, 7) is 5.83. The summed E-state index contributed by atoms with van der Waals surface area (Å²) in [6, 6.07) is 0. The normalized spacial score (nSPS) is 10.7. The molecule has 7 heteroatoms. The Hall–Kier alpha value is -1.08. The van der Waals surface area contributed by atoms with E-state index in [1.165, 1.54) is 11.8 Å². The molecule has 0 aliphatic heterocycles. The van der Waals surface area contributed by atoms with Crippen LogP contribution in [0.2, 0.25) is 0 Å². The lowest BCUT2D eigenvalue weighted by atomic mass is 10.5. The molecule has 0 saturated carbocycles. The first-order valence-corrected chi connectivity index (χ1v) is 6.52. The van der Waals surface area contributed by atoms with Gasteiger partial charge in [0.15, 0.2) is 11.0 Å². The van der Waals surface area contributed by atoms with Gasteiger partial charge in [-0.25, -0.2) is 0 Å². The second-order valence-electron chi connectivity index (χ2n) is 3.38. The van der Waals surface area contributed by atoms with E-state index in [4.69, 9.17) is 9.84 Å². The molecule has 1 rings (SSSR count). The average molecular weight is 259 g/mol. The van der Waals surface area contributed by atoms with Gasteiger partial charge in [-0.05, 0) is 13.3 Å². The number of aliphatic carboxylic acids is 1. The highest BCUT2D eigenvalue weighted by atomic mass is 32.2. The molecule has 0 aliphatic carbocycles. The molecule has 0 fully saturated rings. The van der Waals surface area contributed by atoms with E-state index in [1.54, 1.807) is 0 Å². The largest absolute Gasteiger partial charge is 0.481 e. The van der Waals surface area contributed by atoms with Gasteiger partial charge < -0.3 is 14.4 Å². The van der Waals surface area contributed by atoms with Gasteiger partial charge in [0.05, 0.1) is 5.75 Å². The summed E-state index contributed by atoms with van der Waals surface area (Å²) in [7, 11) is 0. The molecule has 1 N–H and O–H groups in total. The zero-order valence-corrected chi connectivity index (χ0v) is 10.9. The van der Waals surface area contributed by atoms with Gasteiger partial charge in [0, 0.05) is 13.2 Å². The first-order chi connectivity index (χ1) is 8.19. The molecule has 1 aromatic rings. The molecule has 6 nitrogen and oxygen atoms in total. The van der Waals surface area contributed by atoms with E-state index in [1.807, 2.05) is 18.4 Å². The molecular weight excluding hydrogens is 242 g/mol. The summed E-state index contributed by atoms with van der Waals surface area (Å²) in [5, 5.41) is 17.2. The van der Waals surface area contributed by atoms with Crippen LogP contribution in [0.5, 0.6) is 0 Å². The van der Waals surface area contributed by atoms with Crippen LogP contribution in [0, 0.1) is 0 Å². The molecule has 1 aromatic heterocycles. The minimum Gasteiger partial charge on any atom is -0.481 e. The van der Waals surface area contributed by atoms with E-state index in [2.05, 4.69) is 10.2 Å². The number of nitrogens with zero attached hydrogens (tertiary/aromatic N) is 3. The zero-order chi connectivity index (χ0) is 12.7. The summed E-state index contributed by atoms with van der Waals surface area (Å²) in [6.07, 6.45) is 0.959. The van der Waals surface area contributed by atoms with Crippen molar-refractivity contribution in [2.24, 2.45) is 0 Å². The molecule has 0 radical (unpaired) electrons. The van der Waals surface area contributed by atoms with Crippen molar-refractivity contribution < 1.29 is 14.6 Å². The topological polar surface area (TPSA) is 77.2 Å². The molecule has 17 heavy (non-hydrogen) atoms. The first kappa shape index (κ1) is 14.0. The highest BCUT2D eigenvalue weighted by Gasteiger charge is 2.12. The van der Waals surface area contributed by atoms with Crippen molar-refractivity contribution in [1.82, 2.24) is 14.8 Å². The van der Waals surface area contributed by atoms with Crippen LogP contribution in [0.3, 0.4) is 0 Å². The first-order valence-electron chi connectivity index (χ1n) is 5.53. The molecule has 0 spiro atoms. The molecule has 0 atom stereocenters. The van der Waals surface area contributed by atoms with E-state index < -0.39 is 5.97 Å². The molecule has 0 bridgehead atoms. The smallest absolute Gasteiger partial charge is 0.313 e. The third-order valence-corrected chi connectivity index (χ3v) is 2.97. The number of hydrogen-bond donors (Lipinski definition) is 1. The summed E-state index contributed by atoms with van der Waals surface area (Å²) < 4.78 is 7.28. The van der Waals surface area contributed by atoms with Crippen LogP contribution in [-0.4, -0.2) is 38.2 Å². The van der Waals surface area contributed by atoms with Crippen molar-refractivity contribution in [3.63, 3.8) is 0 Å². The van der Waals surface area contributed by atoms with Gasteiger partial charge in [0.2, 0.25) is 0 Å². The molecule has 0 unspecified atom stereocenters. The molecular formula is C10H17N3O3S. The fourth-order valence-corrected chi connectivity index (χ4v) is 2.03. The number of rotatable bonds is 8. The van der Waals surface area contributed by atoms with Crippen LogP contribution in [0.25, 0.3) is 0 Å². The SMILES string of the molecule is CCCOCc1nnc(SCC(=O)O)n1CC. The minimum atomic E-state index is -0.857. The monoisotopic (exact) mass is 259 g/mol. The fourth-order valence-electron chi connectivity index (χ4n) is 1.28. The standard InChI is InChI=1S/C10H17N3O3S/c1-3-5-16-6-8-11-12-10(13(8)4-2)17-7-9(14)15/h3-7H2,1-2H3,(H,14,15). The van der Waals surface area contributed by atoms with E-state index in [-0.39, 0.29) is 5.75 Å². The number of ether oxygens (including phenoxy) is 1. The number of hydrogen-bond acceptors (Lipinski definition) is 5. The van der Waals surface area contributed by atoms with Gasteiger partial charge in [-0.2, -0.15) is 0 Å². The third kappa shape index (κ3) is 4.35. The lowest BCUT2D eigenvalue weighted by Crippen LogP contribution is -2.07. The fraction of sp³-hybridized carbons (Fsp3) is 0.700. The highest BCUT2D eigenvalue weighted by Crippen LogP contribution is 2.17. The number of thioether (sulfide) groups is 1. The van der Waals surface area contributed by atoms with Gasteiger partial charge in [0.25, 0.3) is 0 Å². The van der Waals surface area contributed by atoms with E-state index in [0.717, 1.165) is 12.2 Å². The van der Waals surface area contributed by atoms with Gasteiger partial charge in [-0.15, -0.1) is 10.2 Å². The Balaban J connectivity index is 2.62. The molecule has 1 heterocycles. The average Bonchev–Trinajstić information content (AvgIpc) is 2.69. The summed E-state index contributed by atoms with van der Waals surface area (Å²) in [5.74, 6) is -0.119.